The molecule has 0 aliphatic rings. The van der Waals surface area contributed by atoms with Crippen LogP contribution in [0.4, 0.5) is 0 Å². The molecule has 80 valence electrons. The minimum Gasteiger partial charge on any atom is -0.396 e. The minimum absolute atomic E-state index is 0.216. The molecule has 0 aliphatic carbocycles. The molecule has 0 aromatic carbocycles. The van der Waals surface area contributed by atoms with Gasteiger partial charge in [-0.3, -0.25) is 4.90 Å². The summed E-state index contributed by atoms with van der Waals surface area (Å²) in [6.45, 7) is 5.92. The second-order valence-electron chi connectivity index (χ2n) is 3.47. The molecule has 0 spiro atoms. The first kappa shape index (κ1) is 13.4. The summed E-state index contributed by atoms with van der Waals surface area (Å²) in [5, 5.41) is 18.7. The molecule has 0 rings (SSSR count). The Balaban J connectivity index is 3.79. The first-order valence-electron chi connectivity index (χ1n) is 4.70. The van der Waals surface area contributed by atoms with Gasteiger partial charge >= 0.3 is 0 Å². The molecule has 0 amide bonds. The van der Waals surface area contributed by atoms with E-state index in [1.54, 1.807) is 0 Å². The van der Waals surface area contributed by atoms with E-state index in [9.17, 15) is 5.11 Å². The Morgan fingerprint density at radius 2 is 2.00 bits per heavy atom. The van der Waals surface area contributed by atoms with Gasteiger partial charge in [-0.1, -0.05) is 15.9 Å². The molecule has 0 aromatic heterocycles. The van der Waals surface area contributed by atoms with E-state index in [0.717, 1.165) is 13.0 Å². The van der Waals surface area contributed by atoms with Crippen LogP contribution >= 0.6 is 15.9 Å². The van der Waals surface area contributed by atoms with Gasteiger partial charge in [0, 0.05) is 31.1 Å². The van der Waals surface area contributed by atoms with Crippen molar-refractivity contribution in [3.8, 4) is 0 Å². The van der Waals surface area contributed by atoms with Crippen LogP contribution in [-0.4, -0.2) is 52.3 Å². The van der Waals surface area contributed by atoms with Crippen LogP contribution in [0.25, 0.3) is 0 Å². The van der Waals surface area contributed by atoms with Crippen LogP contribution in [0.1, 0.15) is 20.3 Å². The fraction of sp³-hybridized carbons (Fsp3) is 1.00. The third kappa shape index (κ3) is 6.43. The highest BCUT2D eigenvalue weighted by Gasteiger charge is 2.12. The largest absolute Gasteiger partial charge is 0.396 e. The van der Waals surface area contributed by atoms with Crippen LogP contribution in [0.3, 0.4) is 0 Å². The van der Waals surface area contributed by atoms with Crippen LogP contribution in [0.2, 0.25) is 0 Å². The van der Waals surface area contributed by atoms with Crippen LogP contribution in [0.5, 0.6) is 0 Å². The summed E-state index contributed by atoms with van der Waals surface area (Å²) in [5.41, 5.74) is 0. The van der Waals surface area contributed by atoms with Gasteiger partial charge in [-0.25, -0.2) is 0 Å². The monoisotopic (exact) mass is 253 g/mol. The molecule has 4 heteroatoms. The van der Waals surface area contributed by atoms with Crippen molar-refractivity contribution >= 4 is 15.9 Å². The summed E-state index contributed by atoms with van der Waals surface area (Å²) < 4.78 is 0. The van der Waals surface area contributed by atoms with Gasteiger partial charge in [0.2, 0.25) is 0 Å². The average Bonchev–Trinajstić information content (AvgIpc) is 2.11. The fourth-order valence-electron chi connectivity index (χ4n) is 1.15. The number of aliphatic hydroxyl groups excluding tert-OH is 2. The smallest absolute Gasteiger partial charge is 0.0763 e. The zero-order valence-electron chi connectivity index (χ0n) is 8.41. The van der Waals surface area contributed by atoms with Crippen molar-refractivity contribution in [2.24, 2.45) is 0 Å². The van der Waals surface area contributed by atoms with Crippen molar-refractivity contribution in [3.63, 3.8) is 0 Å². The summed E-state index contributed by atoms with van der Waals surface area (Å²) >= 11 is 3.23. The van der Waals surface area contributed by atoms with Gasteiger partial charge in [0.1, 0.15) is 0 Å². The molecule has 0 saturated heterocycles. The van der Waals surface area contributed by atoms with E-state index in [-0.39, 0.29) is 12.7 Å². The van der Waals surface area contributed by atoms with Crippen molar-refractivity contribution in [2.75, 3.05) is 25.0 Å². The number of nitrogens with zero attached hydrogens (tertiary/aromatic N) is 1. The van der Waals surface area contributed by atoms with Gasteiger partial charge in [0.25, 0.3) is 0 Å². The highest BCUT2D eigenvalue weighted by atomic mass is 79.9. The zero-order valence-corrected chi connectivity index (χ0v) is 10.00. The van der Waals surface area contributed by atoms with Gasteiger partial charge in [-0.15, -0.1) is 0 Å². The molecule has 0 heterocycles. The normalized spacial score (nSPS) is 14.1. The summed E-state index contributed by atoms with van der Waals surface area (Å²) in [7, 11) is 0. The lowest BCUT2D eigenvalue weighted by molar-refractivity contribution is 0.105. The lowest BCUT2D eigenvalue weighted by atomic mass is 10.2. The SMILES string of the molecule is CC(C)N(CCCO)CC(O)CBr. The predicted molar refractivity (Wildman–Crippen MR) is 58.2 cm³/mol. The second kappa shape index (κ2) is 7.74. The molecular formula is C9H20BrNO2. The number of halogens is 1. The first-order valence-corrected chi connectivity index (χ1v) is 5.83. The molecular weight excluding hydrogens is 234 g/mol. The van der Waals surface area contributed by atoms with Crippen LogP contribution in [0.15, 0.2) is 0 Å². The van der Waals surface area contributed by atoms with Gasteiger partial charge in [0.05, 0.1) is 6.10 Å². The van der Waals surface area contributed by atoms with E-state index in [2.05, 4.69) is 34.7 Å². The molecule has 1 unspecified atom stereocenters. The molecule has 3 nitrogen and oxygen atoms in total. The quantitative estimate of drug-likeness (QED) is 0.661. The number of hydrogen-bond acceptors (Lipinski definition) is 3. The average molecular weight is 254 g/mol. The van der Waals surface area contributed by atoms with Crippen molar-refractivity contribution in [1.82, 2.24) is 4.90 Å². The first-order chi connectivity index (χ1) is 6.11. The molecule has 0 saturated carbocycles. The predicted octanol–water partition coefficient (Wildman–Crippen LogP) is 0.835. The van der Waals surface area contributed by atoms with E-state index >= 15 is 0 Å². The van der Waals surface area contributed by atoms with Crippen molar-refractivity contribution in [1.29, 1.82) is 0 Å². The van der Waals surface area contributed by atoms with Crippen molar-refractivity contribution < 1.29 is 10.2 Å². The molecule has 0 radical (unpaired) electrons. The Bertz CT molecular complexity index is 122. The minimum atomic E-state index is -0.318. The van der Waals surface area contributed by atoms with Crippen LogP contribution in [0, 0.1) is 0 Å². The molecule has 0 aliphatic heterocycles. The Kier molecular flexibility index (Phi) is 7.95. The lowest BCUT2D eigenvalue weighted by Gasteiger charge is -2.27. The lowest BCUT2D eigenvalue weighted by Crippen LogP contribution is -2.39. The third-order valence-corrected chi connectivity index (χ3v) is 2.70. The molecule has 0 aromatic rings. The van der Waals surface area contributed by atoms with E-state index in [1.165, 1.54) is 0 Å². The highest BCUT2D eigenvalue weighted by molar-refractivity contribution is 9.09. The molecule has 2 N–H and O–H groups in total. The number of aliphatic hydroxyl groups is 2. The summed E-state index contributed by atoms with van der Waals surface area (Å²) in [4.78, 5) is 2.17. The summed E-state index contributed by atoms with van der Waals surface area (Å²) in [5.74, 6) is 0. The highest BCUT2D eigenvalue weighted by Crippen LogP contribution is 2.03. The van der Waals surface area contributed by atoms with Gasteiger partial charge < -0.3 is 10.2 Å². The molecule has 13 heavy (non-hydrogen) atoms. The Morgan fingerprint density at radius 1 is 1.38 bits per heavy atom. The van der Waals surface area contributed by atoms with Gasteiger partial charge in [-0.05, 0) is 20.3 Å². The maximum absolute atomic E-state index is 9.43. The van der Waals surface area contributed by atoms with Gasteiger partial charge in [-0.2, -0.15) is 0 Å². The zero-order chi connectivity index (χ0) is 10.3. The maximum Gasteiger partial charge on any atom is 0.0763 e. The molecule has 1 atom stereocenters. The van der Waals surface area contributed by atoms with E-state index in [0.29, 0.717) is 17.9 Å². The number of hydrogen-bond donors (Lipinski definition) is 2. The van der Waals surface area contributed by atoms with Crippen molar-refractivity contribution in [3.05, 3.63) is 0 Å². The summed E-state index contributed by atoms with van der Waals surface area (Å²) in [6, 6.07) is 0.417. The van der Waals surface area contributed by atoms with E-state index in [4.69, 9.17) is 5.11 Å². The Hall–Kier alpha value is 0.360. The van der Waals surface area contributed by atoms with Crippen LogP contribution in [-0.2, 0) is 0 Å². The van der Waals surface area contributed by atoms with E-state index < -0.39 is 0 Å². The second-order valence-corrected chi connectivity index (χ2v) is 4.12. The number of alkyl halides is 1. The maximum atomic E-state index is 9.43. The van der Waals surface area contributed by atoms with Crippen molar-refractivity contribution in [2.45, 2.75) is 32.4 Å². The Labute approximate surface area is 88.9 Å². The third-order valence-electron chi connectivity index (χ3n) is 1.96. The fourth-order valence-corrected chi connectivity index (χ4v) is 1.36. The summed E-state index contributed by atoms with van der Waals surface area (Å²) in [6.07, 6.45) is 0.453. The van der Waals surface area contributed by atoms with E-state index in [1.807, 2.05) is 0 Å². The van der Waals surface area contributed by atoms with Gasteiger partial charge in [0.15, 0.2) is 0 Å². The van der Waals surface area contributed by atoms with Crippen LogP contribution < -0.4 is 0 Å². The standard InChI is InChI=1S/C9H20BrNO2/c1-8(2)11(4-3-5-12)7-9(13)6-10/h8-9,12-13H,3-7H2,1-2H3. The topological polar surface area (TPSA) is 43.7 Å². The number of rotatable bonds is 7. The molecule has 0 fully saturated rings. The molecule has 0 bridgehead atoms. The Morgan fingerprint density at radius 3 is 2.38 bits per heavy atom.